The fraction of sp³-hybridized carbons (Fsp3) is 0.923. The summed E-state index contributed by atoms with van der Waals surface area (Å²) in [6.07, 6.45) is 7.63. The highest BCUT2D eigenvalue weighted by Gasteiger charge is 2.34. The lowest BCUT2D eigenvalue weighted by atomic mass is 9.79. The Labute approximate surface area is 104 Å². The first-order chi connectivity index (χ1) is 8.18. The van der Waals surface area contributed by atoms with Gasteiger partial charge in [-0.2, -0.15) is 0 Å². The fourth-order valence-corrected chi connectivity index (χ4v) is 3.33. The molecule has 17 heavy (non-hydrogen) atoms. The lowest BCUT2D eigenvalue weighted by molar-refractivity contribution is -0.120. The van der Waals surface area contributed by atoms with E-state index in [1.54, 1.807) is 0 Å². The van der Waals surface area contributed by atoms with Crippen LogP contribution in [0.3, 0.4) is 0 Å². The maximum atomic E-state index is 11.1. The zero-order chi connectivity index (χ0) is 12.3. The third kappa shape index (κ3) is 3.19. The summed E-state index contributed by atoms with van der Waals surface area (Å²) < 4.78 is 0. The minimum absolute atomic E-state index is 0.206. The molecule has 1 saturated heterocycles. The first-order valence-corrected chi connectivity index (χ1v) is 6.97. The Kier molecular flexibility index (Phi) is 4.40. The van der Waals surface area contributed by atoms with Crippen molar-refractivity contribution in [3.05, 3.63) is 0 Å². The van der Waals surface area contributed by atoms with Crippen LogP contribution in [0.15, 0.2) is 0 Å². The third-order valence-corrected chi connectivity index (χ3v) is 4.33. The van der Waals surface area contributed by atoms with Gasteiger partial charge in [0, 0.05) is 12.1 Å². The van der Waals surface area contributed by atoms with Crippen LogP contribution >= 0.6 is 0 Å². The minimum atomic E-state index is -0.242. The average Bonchev–Trinajstić information content (AvgIpc) is 2.83. The topological polar surface area (TPSA) is 67.2 Å². The molecule has 0 spiro atoms. The molecule has 1 amide bonds. The number of rotatable bonds is 4. The molecule has 0 bridgehead atoms. The van der Waals surface area contributed by atoms with Gasteiger partial charge < -0.3 is 16.4 Å². The van der Waals surface area contributed by atoms with Crippen molar-refractivity contribution in [3.63, 3.8) is 0 Å². The van der Waals surface area contributed by atoms with Crippen molar-refractivity contribution in [3.8, 4) is 0 Å². The highest BCUT2D eigenvalue weighted by molar-refractivity contribution is 5.79. The van der Waals surface area contributed by atoms with E-state index in [1.165, 1.54) is 38.5 Å². The summed E-state index contributed by atoms with van der Waals surface area (Å²) in [5, 5.41) is 7.03. The predicted octanol–water partition coefficient (Wildman–Crippen LogP) is 0.761. The Hall–Kier alpha value is -0.610. The van der Waals surface area contributed by atoms with E-state index in [0.29, 0.717) is 18.0 Å². The highest BCUT2D eigenvalue weighted by Crippen LogP contribution is 2.30. The second-order valence-corrected chi connectivity index (χ2v) is 5.55. The summed E-state index contributed by atoms with van der Waals surface area (Å²) in [4.78, 5) is 11.1. The van der Waals surface area contributed by atoms with Gasteiger partial charge in [0.15, 0.2) is 0 Å². The third-order valence-electron chi connectivity index (χ3n) is 4.33. The number of amides is 1. The van der Waals surface area contributed by atoms with Crippen LogP contribution in [0.5, 0.6) is 0 Å². The highest BCUT2D eigenvalue weighted by atomic mass is 16.1. The average molecular weight is 239 g/mol. The van der Waals surface area contributed by atoms with Gasteiger partial charge in [0.1, 0.15) is 0 Å². The van der Waals surface area contributed by atoms with E-state index in [0.717, 1.165) is 6.54 Å². The molecule has 4 atom stereocenters. The number of carbonyl (C=O) groups excluding carboxylic acids is 1. The number of carbonyl (C=O) groups is 1. The van der Waals surface area contributed by atoms with Gasteiger partial charge in [0.2, 0.25) is 5.91 Å². The summed E-state index contributed by atoms with van der Waals surface area (Å²) in [6.45, 7) is 3.02. The van der Waals surface area contributed by atoms with Crippen LogP contribution in [-0.2, 0) is 4.79 Å². The normalized spacial score (nSPS) is 35.7. The Morgan fingerprint density at radius 1 is 1.29 bits per heavy atom. The Bertz CT molecular complexity index is 263. The quantitative estimate of drug-likeness (QED) is 0.678. The number of hydrogen-bond acceptors (Lipinski definition) is 3. The number of hydrogen-bond donors (Lipinski definition) is 3. The molecule has 2 rings (SSSR count). The fourth-order valence-electron chi connectivity index (χ4n) is 3.33. The van der Waals surface area contributed by atoms with Crippen LogP contribution in [0.2, 0.25) is 0 Å². The van der Waals surface area contributed by atoms with E-state index in [-0.39, 0.29) is 11.9 Å². The van der Waals surface area contributed by atoms with Gasteiger partial charge in [-0.3, -0.25) is 4.79 Å². The molecule has 2 aliphatic rings. The van der Waals surface area contributed by atoms with E-state index < -0.39 is 0 Å². The second-order valence-electron chi connectivity index (χ2n) is 5.55. The summed E-state index contributed by atoms with van der Waals surface area (Å²) in [5.41, 5.74) is 5.33. The lowest BCUT2D eigenvalue weighted by Gasteiger charge is -2.37. The molecule has 0 aromatic rings. The van der Waals surface area contributed by atoms with Crippen molar-refractivity contribution in [1.29, 1.82) is 0 Å². The molecule has 4 heteroatoms. The Morgan fingerprint density at radius 2 is 2.06 bits per heavy atom. The van der Waals surface area contributed by atoms with Gasteiger partial charge in [-0.25, -0.2) is 0 Å². The van der Waals surface area contributed by atoms with Crippen LogP contribution in [0, 0.1) is 5.92 Å². The molecule has 4 unspecified atom stereocenters. The molecule has 0 radical (unpaired) electrons. The van der Waals surface area contributed by atoms with Gasteiger partial charge in [0.05, 0.1) is 6.04 Å². The zero-order valence-corrected chi connectivity index (χ0v) is 10.7. The van der Waals surface area contributed by atoms with Gasteiger partial charge in [0.25, 0.3) is 0 Å². The first-order valence-electron chi connectivity index (χ1n) is 6.97. The van der Waals surface area contributed by atoms with Gasteiger partial charge in [-0.05, 0) is 45.1 Å². The van der Waals surface area contributed by atoms with E-state index in [4.69, 9.17) is 5.73 Å². The van der Waals surface area contributed by atoms with Crippen LogP contribution in [0.25, 0.3) is 0 Å². The first kappa shape index (κ1) is 12.8. The van der Waals surface area contributed by atoms with Crippen molar-refractivity contribution in [2.75, 3.05) is 6.54 Å². The predicted molar refractivity (Wildman–Crippen MR) is 68.6 cm³/mol. The lowest BCUT2D eigenvalue weighted by Crippen LogP contribution is -2.52. The maximum absolute atomic E-state index is 11.1. The number of nitrogens with one attached hydrogen (secondary N) is 2. The number of primary amides is 1. The molecule has 1 saturated carbocycles. The SMILES string of the molecule is CC(NC1CCCCC1C1CCCN1)C(N)=O. The van der Waals surface area contributed by atoms with Crippen LogP contribution in [0.1, 0.15) is 45.4 Å². The van der Waals surface area contributed by atoms with Crippen LogP contribution in [0.4, 0.5) is 0 Å². The van der Waals surface area contributed by atoms with Crippen molar-refractivity contribution in [2.45, 2.75) is 63.6 Å². The number of nitrogens with two attached hydrogens (primary N) is 1. The van der Waals surface area contributed by atoms with Gasteiger partial charge in [-0.15, -0.1) is 0 Å². The van der Waals surface area contributed by atoms with Crippen LogP contribution in [-0.4, -0.2) is 30.6 Å². The largest absolute Gasteiger partial charge is 0.368 e. The molecule has 2 fully saturated rings. The molecular weight excluding hydrogens is 214 g/mol. The maximum Gasteiger partial charge on any atom is 0.234 e. The van der Waals surface area contributed by atoms with Crippen molar-refractivity contribution in [2.24, 2.45) is 11.7 Å². The molecule has 1 aliphatic heterocycles. The monoisotopic (exact) mass is 239 g/mol. The van der Waals surface area contributed by atoms with E-state index in [9.17, 15) is 4.79 Å². The molecule has 4 N–H and O–H groups in total. The smallest absolute Gasteiger partial charge is 0.234 e. The van der Waals surface area contributed by atoms with E-state index in [2.05, 4.69) is 10.6 Å². The van der Waals surface area contributed by atoms with Crippen molar-refractivity contribution < 1.29 is 4.79 Å². The summed E-state index contributed by atoms with van der Waals surface area (Å²) in [5.74, 6) is 0.432. The molecule has 1 aliphatic carbocycles. The molecule has 0 aromatic carbocycles. The molecule has 0 aromatic heterocycles. The van der Waals surface area contributed by atoms with Crippen molar-refractivity contribution in [1.82, 2.24) is 10.6 Å². The molecule has 98 valence electrons. The Balaban J connectivity index is 1.94. The van der Waals surface area contributed by atoms with Crippen molar-refractivity contribution >= 4 is 5.91 Å². The molecule has 4 nitrogen and oxygen atoms in total. The summed E-state index contributed by atoms with van der Waals surface area (Å²) >= 11 is 0. The van der Waals surface area contributed by atoms with Crippen LogP contribution < -0.4 is 16.4 Å². The second kappa shape index (κ2) is 5.83. The molecular formula is C13H25N3O. The summed E-state index contributed by atoms with van der Waals surface area (Å²) in [7, 11) is 0. The standard InChI is InChI=1S/C13H25N3O/c1-9(13(14)17)16-12-6-3-2-5-10(12)11-7-4-8-15-11/h9-12,15-16H,2-8H2,1H3,(H2,14,17). The minimum Gasteiger partial charge on any atom is -0.368 e. The van der Waals surface area contributed by atoms with E-state index in [1.807, 2.05) is 6.92 Å². The Morgan fingerprint density at radius 3 is 2.71 bits per heavy atom. The zero-order valence-electron chi connectivity index (χ0n) is 10.7. The van der Waals surface area contributed by atoms with Gasteiger partial charge >= 0.3 is 0 Å². The summed E-state index contributed by atoms with van der Waals surface area (Å²) in [6, 6.07) is 0.900. The van der Waals surface area contributed by atoms with Gasteiger partial charge in [-0.1, -0.05) is 12.8 Å². The molecule has 1 heterocycles. The van der Waals surface area contributed by atoms with E-state index >= 15 is 0 Å².